The van der Waals surface area contributed by atoms with Crippen LogP contribution in [0, 0.1) is 0 Å². The lowest BCUT2D eigenvalue weighted by Gasteiger charge is -2.12. The molecule has 2 nitrogen and oxygen atoms in total. The van der Waals surface area contributed by atoms with Gasteiger partial charge in [-0.1, -0.05) is 90.9 Å². The maximum atomic E-state index is 10.1. The van der Waals surface area contributed by atoms with Gasteiger partial charge in [-0.15, -0.1) is 0 Å². The van der Waals surface area contributed by atoms with E-state index in [9.17, 15) is 9.79 Å². The molecule has 0 rings (SSSR count). The molecule has 0 aromatic rings. The fourth-order valence-corrected chi connectivity index (χ4v) is 4.79. The molecule has 0 atom stereocenters. The van der Waals surface area contributed by atoms with Gasteiger partial charge in [-0.2, -0.15) is 0 Å². The highest BCUT2D eigenvalue weighted by molar-refractivity contribution is 7.64. The average Bonchev–Trinajstić information content (AvgIpc) is 2.52. The van der Waals surface area contributed by atoms with Crippen molar-refractivity contribution in [1.29, 1.82) is 0 Å². The number of hydrogen-bond acceptors (Lipinski definition) is 2. The van der Waals surface area contributed by atoms with Gasteiger partial charge in [-0.05, 0) is 25.7 Å². The third kappa shape index (κ3) is 18.5. The minimum absolute atomic E-state index is 0.665. The van der Waals surface area contributed by atoms with E-state index in [1.165, 1.54) is 89.9 Å². The molecule has 0 aliphatic carbocycles. The molecule has 0 heterocycles. The normalized spacial score (nSPS) is 12.0. The maximum Gasteiger partial charge on any atom is 0.267 e. The van der Waals surface area contributed by atoms with Crippen molar-refractivity contribution >= 4 is 7.72 Å². The largest absolute Gasteiger partial charge is 0.267 e. The molecular formula is C20H44O2P+. The van der Waals surface area contributed by atoms with Crippen molar-refractivity contribution in [2.45, 2.75) is 117 Å². The van der Waals surface area contributed by atoms with Crippen LogP contribution in [0.4, 0.5) is 0 Å². The molecule has 140 valence electrons. The van der Waals surface area contributed by atoms with E-state index in [4.69, 9.17) is 0 Å². The smallest absolute Gasteiger partial charge is 0.220 e. The molecule has 0 aliphatic rings. The van der Waals surface area contributed by atoms with Crippen LogP contribution in [-0.2, 0) is 0 Å². The minimum atomic E-state index is -2.57. The first-order chi connectivity index (χ1) is 11.1. The van der Waals surface area contributed by atoms with Gasteiger partial charge in [0, 0.05) is 0 Å². The second-order valence-electron chi connectivity index (χ2n) is 7.28. The Hall–Kier alpha value is 0.350. The van der Waals surface area contributed by atoms with Crippen LogP contribution in [0.3, 0.4) is 0 Å². The molecule has 0 radical (unpaired) electrons. The van der Waals surface area contributed by atoms with E-state index in [1.807, 2.05) is 0 Å². The summed E-state index contributed by atoms with van der Waals surface area (Å²) in [5.74, 6) is 0. The van der Waals surface area contributed by atoms with Gasteiger partial charge in [0.1, 0.15) is 12.3 Å². The monoisotopic (exact) mass is 347 g/mol. The molecule has 0 bridgehead atoms. The van der Waals surface area contributed by atoms with Crippen molar-refractivity contribution in [3.63, 3.8) is 0 Å². The molecule has 0 spiro atoms. The highest BCUT2D eigenvalue weighted by Gasteiger charge is 2.30. The first kappa shape index (κ1) is 23.4. The molecule has 0 saturated heterocycles. The van der Waals surface area contributed by atoms with E-state index in [-0.39, 0.29) is 0 Å². The molecule has 0 aromatic carbocycles. The van der Waals surface area contributed by atoms with Gasteiger partial charge in [-0.25, -0.2) is 9.79 Å². The van der Waals surface area contributed by atoms with Crippen LogP contribution >= 0.6 is 7.72 Å². The minimum Gasteiger partial charge on any atom is -0.220 e. The zero-order chi connectivity index (χ0) is 17.2. The highest BCUT2D eigenvalue weighted by atomic mass is 31.2. The van der Waals surface area contributed by atoms with Crippen LogP contribution in [0.15, 0.2) is 0 Å². The quantitative estimate of drug-likeness (QED) is 0.205. The van der Waals surface area contributed by atoms with Gasteiger partial charge in [0.15, 0.2) is 0 Å². The average molecular weight is 348 g/mol. The zero-order valence-electron chi connectivity index (χ0n) is 16.1. The Bertz CT molecular complexity index is 210. The molecule has 0 unspecified atom stereocenters. The molecule has 0 amide bonds. The maximum absolute atomic E-state index is 10.1. The summed E-state index contributed by atoms with van der Waals surface area (Å²) in [6.07, 6.45) is 21.6. The molecule has 2 N–H and O–H groups in total. The Kier molecular flexibility index (Phi) is 17.4. The van der Waals surface area contributed by atoms with Crippen LogP contribution in [0.2, 0.25) is 0 Å². The van der Waals surface area contributed by atoms with Crippen molar-refractivity contribution in [3.05, 3.63) is 0 Å². The first-order valence-electron chi connectivity index (χ1n) is 10.4. The molecule has 0 aliphatic heterocycles. The summed E-state index contributed by atoms with van der Waals surface area (Å²) in [5, 5.41) is 0. The predicted molar refractivity (Wildman–Crippen MR) is 106 cm³/mol. The van der Waals surface area contributed by atoms with Gasteiger partial charge in [0.05, 0.1) is 0 Å². The lowest BCUT2D eigenvalue weighted by molar-refractivity contribution is 0.440. The summed E-state index contributed by atoms with van der Waals surface area (Å²) in [7, 11) is -2.57. The van der Waals surface area contributed by atoms with Crippen LogP contribution in [0.25, 0.3) is 0 Å². The van der Waals surface area contributed by atoms with E-state index in [0.29, 0.717) is 12.3 Å². The number of unbranched alkanes of at least 4 members (excludes halogenated alkanes) is 14. The van der Waals surface area contributed by atoms with Gasteiger partial charge in [0.2, 0.25) is 0 Å². The molecule has 0 fully saturated rings. The fraction of sp³-hybridized carbons (Fsp3) is 1.00. The summed E-state index contributed by atoms with van der Waals surface area (Å²) < 4.78 is 0. The lowest BCUT2D eigenvalue weighted by Crippen LogP contribution is -2.02. The van der Waals surface area contributed by atoms with Gasteiger partial charge in [-0.3, -0.25) is 0 Å². The van der Waals surface area contributed by atoms with E-state index in [0.717, 1.165) is 12.8 Å². The van der Waals surface area contributed by atoms with Crippen molar-refractivity contribution in [2.75, 3.05) is 12.3 Å². The SMILES string of the molecule is CCCCCCCCCC[P+](O)(O)CCCCCCCCCC. The topological polar surface area (TPSA) is 40.5 Å². The Morgan fingerprint density at radius 1 is 0.435 bits per heavy atom. The van der Waals surface area contributed by atoms with Gasteiger partial charge in [0.25, 0.3) is 7.72 Å². The summed E-state index contributed by atoms with van der Waals surface area (Å²) in [6.45, 7) is 4.50. The summed E-state index contributed by atoms with van der Waals surface area (Å²) >= 11 is 0. The van der Waals surface area contributed by atoms with Crippen molar-refractivity contribution in [1.82, 2.24) is 0 Å². The second kappa shape index (κ2) is 17.2. The summed E-state index contributed by atoms with van der Waals surface area (Å²) in [5.41, 5.74) is 0. The third-order valence-electron chi connectivity index (χ3n) is 4.74. The Balaban J connectivity index is 3.33. The summed E-state index contributed by atoms with van der Waals surface area (Å²) in [6, 6.07) is 0. The van der Waals surface area contributed by atoms with E-state index >= 15 is 0 Å². The zero-order valence-corrected chi connectivity index (χ0v) is 17.0. The number of hydrogen-bond donors (Lipinski definition) is 2. The summed E-state index contributed by atoms with van der Waals surface area (Å²) in [4.78, 5) is 20.3. The second-order valence-corrected chi connectivity index (χ2v) is 9.93. The van der Waals surface area contributed by atoms with E-state index in [2.05, 4.69) is 13.8 Å². The molecule has 0 saturated carbocycles. The van der Waals surface area contributed by atoms with Crippen LogP contribution in [-0.4, -0.2) is 22.1 Å². The van der Waals surface area contributed by atoms with Gasteiger partial charge >= 0.3 is 0 Å². The first-order valence-corrected chi connectivity index (χ1v) is 12.5. The van der Waals surface area contributed by atoms with Crippen LogP contribution < -0.4 is 0 Å². The fourth-order valence-electron chi connectivity index (χ4n) is 3.11. The highest BCUT2D eigenvalue weighted by Crippen LogP contribution is 2.51. The van der Waals surface area contributed by atoms with E-state index < -0.39 is 7.72 Å². The van der Waals surface area contributed by atoms with E-state index in [1.54, 1.807) is 0 Å². The molecule has 0 aromatic heterocycles. The van der Waals surface area contributed by atoms with Crippen molar-refractivity contribution in [3.8, 4) is 0 Å². The van der Waals surface area contributed by atoms with Gasteiger partial charge < -0.3 is 0 Å². The van der Waals surface area contributed by atoms with Crippen LogP contribution in [0.1, 0.15) is 117 Å². The van der Waals surface area contributed by atoms with Crippen LogP contribution in [0.5, 0.6) is 0 Å². The lowest BCUT2D eigenvalue weighted by atomic mass is 10.1. The Morgan fingerprint density at radius 3 is 1.00 bits per heavy atom. The number of rotatable bonds is 18. The van der Waals surface area contributed by atoms with Crippen molar-refractivity contribution < 1.29 is 9.79 Å². The predicted octanol–water partition coefficient (Wildman–Crippen LogP) is 7.10. The molecular weight excluding hydrogens is 303 g/mol. The Labute approximate surface area is 147 Å². The third-order valence-corrected chi connectivity index (χ3v) is 6.80. The standard InChI is InChI=1S/C20H44O2P/c1-3-5-7-9-11-13-15-17-19-23(21,22)20-18-16-14-12-10-8-6-4-2/h21-22H,3-20H2,1-2H3/q+1. The van der Waals surface area contributed by atoms with Crippen molar-refractivity contribution in [2.24, 2.45) is 0 Å². The molecule has 3 heteroatoms. The molecule has 23 heavy (non-hydrogen) atoms. The Morgan fingerprint density at radius 2 is 0.696 bits per heavy atom.